The number of aromatic carboxylic acids is 2. The Morgan fingerprint density at radius 2 is 1.22 bits per heavy atom. The van der Waals surface area contributed by atoms with Crippen LogP contribution in [0.2, 0.25) is 0 Å². The zero-order chi connectivity index (χ0) is 38.4. The molecule has 282 valence electrons. The number of fused-ring (bicyclic) bond motifs is 6. The van der Waals surface area contributed by atoms with Crippen LogP contribution in [0.4, 0.5) is 0 Å². The predicted molar refractivity (Wildman–Crippen MR) is 195 cm³/mol. The van der Waals surface area contributed by atoms with E-state index in [1.54, 1.807) is 24.3 Å². The van der Waals surface area contributed by atoms with E-state index in [-0.39, 0.29) is 126 Å². The number of hydrogen-bond donors (Lipinski definition) is 0. The molecule has 0 aliphatic heterocycles. The molecule has 0 spiro atoms. The van der Waals surface area contributed by atoms with E-state index in [0.29, 0.717) is 19.3 Å². The maximum Gasteiger partial charge on any atom is 1.00 e. The molecule has 0 aromatic heterocycles. The summed E-state index contributed by atoms with van der Waals surface area (Å²) in [4.78, 5) is 50.4. The van der Waals surface area contributed by atoms with Gasteiger partial charge in [0.1, 0.15) is 11.7 Å². The Morgan fingerprint density at radius 3 is 1.80 bits per heavy atom. The summed E-state index contributed by atoms with van der Waals surface area (Å²) in [7, 11) is 0. The van der Waals surface area contributed by atoms with Gasteiger partial charge in [-0.15, -0.1) is 0 Å². The molecule has 0 amide bonds. The van der Waals surface area contributed by atoms with Crippen LogP contribution in [0.25, 0.3) is 0 Å². The predicted octanol–water partition coefficient (Wildman–Crippen LogP) is 1.28. The van der Waals surface area contributed by atoms with Crippen molar-refractivity contribution in [3.05, 3.63) is 94.1 Å². The summed E-state index contributed by atoms with van der Waals surface area (Å²) in [5, 5.41) is 23.5. The fourth-order valence-corrected chi connectivity index (χ4v) is 12.1. The maximum atomic E-state index is 13.5. The fourth-order valence-electron chi connectivity index (χ4n) is 12.1. The average Bonchev–Trinajstić information content (AvgIpc) is 3.10. The maximum absolute atomic E-state index is 13.5. The Kier molecular flexibility index (Phi) is 12.1. The molecule has 2 unspecified atom stereocenters. The van der Waals surface area contributed by atoms with Crippen molar-refractivity contribution in [2.45, 2.75) is 118 Å². The van der Waals surface area contributed by atoms with Crippen molar-refractivity contribution < 1.29 is 98.0 Å². The van der Waals surface area contributed by atoms with Crippen LogP contribution in [0.5, 0.6) is 0 Å². The Bertz CT molecular complexity index is 1970. The van der Waals surface area contributed by atoms with Crippen molar-refractivity contribution in [3.63, 3.8) is 0 Å². The molecule has 3 fully saturated rings. The van der Waals surface area contributed by atoms with Crippen molar-refractivity contribution in [3.8, 4) is 0 Å². The summed E-state index contributed by atoms with van der Waals surface area (Å²) in [5.41, 5.74) is 1.10. The van der Waals surface area contributed by atoms with Crippen LogP contribution in [0, 0.1) is 38.9 Å². The number of carboxylic acid groups (broad SMARTS) is 2. The molecule has 8 nitrogen and oxygen atoms in total. The van der Waals surface area contributed by atoms with Gasteiger partial charge in [-0.1, -0.05) is 95.7 Å². The SMILES string of the molecule is CC1(OC(=O)c2ccccc2C(=O)[O-])CC[C@@]2(C)CC[C@]3(C)C(=C2C1)C=C[C@@H]1[C@@]2(C)CC[C@H](OC(=O)c4ccccc4C(=O)[O-])C(C)(C)C2CC[C@]13C.[Na+].[Na+]. The minimum Gasteiger partial charge on any atom is -0.545 e. The van der Waals surface area contributed by atoms with Crippen molar-refractivity contribution in [1.82, 2.24) is 0 Å². The largest absolute Gasteiger partial charge is 1.00 e. The number of esters is 2. The quantitative estimate of drug-likeness (QED) is 0.318. The zero-order valence-corrected chi connectivity index (χ0v) is 38.1. The number of carboxylic acids is 2. The Balaban J connectivity index is 0.00000290. The van der Waals surface area contributed by atoms with Crippen molar-refractivity contribution in [2.24, 2.45) is 38.9 Å². The van der Waals surface area contributed by atoms with Gasteiger partial charge in [0.25, 0.3) is 0 Å². The van der Waals surface area contributed by atoms with E-state index in [2.05, 4.69) is 53.7 Å². The van der Waals surface area contributed by atoms with E-state index in [1.165, 1.54) is 35.4 Å². The fraction of sp³-hybridized carbons (Fsp3) is 0.556. The van der Waals surface area contributed by atoms with Crippen LogP contribution >= 0.6 is 0 Å². The third-order valence-corrected chi connectivity index (χ3v) is 15.4. The van der Waals surface area contributed by atoms with Gasteiger partial charge < -0.3 is 29.3 Å². The first-order valence-corrected chi connectivity index (χ1v) is 19.3. The van der Waals surface area contributed by atoms with Gasteiger partial charge in [0.2, 0.25) is 0 Å². The molecule has 10 heteroatoms. The second-order valence-corrected chi connectivity index (χ2v) is 18.6. The van der Waals surface area contributed by atoms with E-state index in [4.69, 9.17) is 9.47 Å². The molecular weight excluding hydrogens is 714 g/mol. The van der Waals surface area contributed by atoms with E-state index < -0.39 is 29.5 Å². The minimum absolute atomic E-state index is 0. The Morgan fingerprint density at radius 1 is 0.673 bits per heavy atom. The smallest absolute Gasteiger partial charge is 0.545 e. The van der Waals surface area contributed by atoms with E-state index in [9.17, 15) is 29.4 Å². The van der Waals surface area contributed by atoms with E-state index in [1.807, 2.05) is 6.92 Å². The molecule has 0 radical (unpaired) electrons. The summed E-state index contributed by atoms with van der Waals surface area (Å²) in [6, 6.07) is 12.2. The van der Waals surface area contributed by atoms with Gasteiger partial charge in [-0.2, -0.15) is 0 Å². The molecule has 8 atom stereocenters. The molecule has 7 rings (SSSR count). The molecule has 55 heavy (non-hydrogen) atoms. The Hall–Kier alpha value is -2.20. The third-order valence-electron chi connectivity index (χ3n) is 15.4. The molecule has 5 aliphatic rings. The second kappa shape index (κ2) is 15.2. The van der Waals surface area contributed by atoms with Gasteiger partial charge in [-0.3, -0.25) is 0 Å². The molecule has 5 aliphatic carbocycles. The number of ether oxygens (including phenoxy) is 2. The number of carbonyl (C=O) groups is 4. The normalized spacial score (nSPS) is 35.6. The molecule has 2 aromatic rings. The first kappa shape index (κ1) is 43.9. The van der Waals surface area contributed by atoms with Gasteiger partial charge in [-0.05, 0) is 109 Å². The standard InChI is InChI=1S/C45H54O8.2Na/c1-40(2)33-18-21-45(7)34(43(33,5)20-19-35(40)52-38(50)29-14-10-8-12-27(29)36(46)47)17-16-31-32-26-42(4,24-22-41(32,3)23-25-44(31,45)6)53-39(51)30-15-11-9-13-28(30)37(48)49;;/h8-17,33-35H,18-26H2,1-7H3,(H,46,47)(H,48,49);;/q;2*+1/p-2/t33?,34-,35+,41+,42?,43+,44-,45-;;/m1../s1. The Labute approximate surface area is 369 Å². The van der Waals surface area contributed by atoms with Crippen LogP contribution in [0.1, 0.15) is 148 Å². The first-order chi connectivity index (χ1) is 24.8. The average molecular weight is 767 g/mol. The van der Waals surface area contributed by atoms with Crippen molar-refractivity contribution in [1.29, 1.82) is 0 Å². The molecular formula is C45H52Na2O8. The third kappa shape index (κ3) is 6.97. The van der Waals surface area contributed by atoms with Gasteiger partial charge in [0.15, 0.2) is 0 Å². The van der Waals surface area contributed by atoms with Crippen LogP contribution in [-0.4, -0.2) is 35.6 Å². The minimum atomic E-state index is -1.40. The molecule has 3 saturated carbocycles. The van der Waals surface area contributed by atoms with Crippen molar-refractivity contribution in [2.75, 3.05) is 0 Å². The molecule has 0 bridgehead atoms. The van der Waals surface area contributed by atoms with Gasteiger partial charge in [0.05, 0.1) is 23.1 Å². The van der Waals surface area contributed by atoms with Gasteiger partial charge >= 0.3 is 71.1 Å². The summed E-state index contributed by atoms with van der Waals surface area (Å²) in [6.07, 6.45) is 12.3. The summed E-state index contributed by atoms with van der Waals surface area (Å²) >= 11 is 0. The second-order valence-electron chi connectivity index (χ2n) is 18.6. The molecule has 0 heterocycles. The molecule has 0 N–H and O–H groups in total. The number of rotatable bonds is 6. The van der Waals surface area contributed by atoms with Crippen LogP contribution in [-0.2, 0) is 9.47 Å². The zero-order valence-electron chi connectivity index (χ0n) is 34.1. The monoisotopic (exact) mass is 766 g/mol. The van der Waals surface area contributed by atoms with Crippen LogP contribution < -0.4 is 69.3 Å². The van der Waals surface area contributed by atoms with Crippen LogP contribution in [0.3, 0.4) is 0 Å². The summed E-state index contributed by atoms with van der Waals surface area (Å²) < 4.78 is 12.4. The van der Waals surface area contributed by atoms with E-state index in [0.717, 1.165) is 38.5 Å². The van der Waals surface area contributed by atoms with Crippen LogP contribution in [0.15, 0.2) is 71.8 Å². The number of carbonyl (C=O) groups excluding carboxylic acids is 4. The number of allylic oxidation sites excluding steroid dienone is 3. The molecule has 0 saturated heterocycles. The van der Waals surface area contributed by atoms with Gasteiger partial charge in [0, 0.05) is 23.0 Å². The van der Waals surface area contributed by atoms with E-state index >= 15 is 0 Å². The molecule has 2 aromatic carbocycles. The number of benzene rings is 2. The first-order valence-electron chi connectivity index (χ1n) is 19.3. The van der Waals surface area contributed by atoms with Crippen molar-refractivity contribution >= 4 is 23.9 Å². The summed E-state index contributed by atoms with van der Waals surface area (Å²) in [6.45, 7) is 16.1. The van der Waals surface area contributed by atoms with Gasteiger partial charge in [-0.25, -0.2) is 9.59 Å². The summed E-state index contributed by atoms with van der Waals surface area (Å²) in [5.74, 6) is -3.49. The number of hydrogen-bond acceptors (Lipinski definition) is 8. The topological polar surface area (TPSA) is 133 Å².